The Kier molecular flexibility index (Phi) is 8.99. The average Bonchev–Trinajstić information content (AvgIpc) is 3.62. The number of nitrogens with zero attached hydrogens (tertiary/aromatic N) is 2. The normalized spacial score (nSPS) is 48.7. The van der Waals surface area contributed by atoms with Crippen LogP contribution in [0.15, 0.2) is 42.5 Å². The van der Waals surface area contributed by atoms with E-state index in [4.69, 9.17) is 0 Å². The zero-order valence-corrected chi connectivity index (χ0v) is 30.3. The molecule has 4 saturated carbocycles. The van der Waals surface area contributed by atoms with Gasteiger partial charge in [0.05, 0.1) is 30.2 Å². The number of aromatic nitrogens is 2. The Hall–Kier alpha value is -1.10. The van der Waals surface area contributed by atoms with Gasteiger partial charge in [0.2, 0.25) is 0 Å². The summed E-state index contributed by atoms with van der Waals surface area (Å²) in [7, 11) is 3.71. The van der Waals surface area contributed by atoms with E-state index < -0.39 is 34.7 Å². The van der Waals surface area contributed by atoms with Crippen LogP contribution in [0.4, 0.5) is 0 Å². The molecule has 47 heavy (non-hydrogen) atoms. The van der Waals surface area contributed by atoms with Gasteiger partial charge in [-0.3, -0.25) is 4.79 Å². The second-order valence-electron chi connectivity index (χ2n) is 17.4. The molecule has 0 aromatic carbocycles. The lowest BCUT2D eigenvalue weighted by atomic mass is 9.42. The van der Waals surface area contributed by atoms with Gasteiger partial charge in [0, 0.05) is 47.2 Å². The second kappa shape index (κ2) is 12.3. The highest BCUT2D eigenvalue weighted by atomic mass is 33.1. The molecule has 9 heteroatoms. The van der Waals surface area contributed by atoms with Crippen molar-refractivity contribution >= 4 is 27.4 Å². The molecule has 5 aliphatic carbocycles. The summed E-state index contributed by atoms with van der Waals surface area (Å²) >= 11 is 0. The SMILES string of the molecule is C=C1CC(O)C2CCCCC3CC4C(=CC(=O)C5CC(O)C(O)CC54C)C4(O)C(CSSCC(n5ccnc5)CC1(C)C)CC2C34C. The Morgan fingerprint density at radius 3 is 2.40 bits per heavy atom. The number of aliphatic hydroxyl groups excluding tert-OH is 3. The zero-order valence-electron chi connectivity index (χ0n) is 28.7. The van der Waals surface area contributed by atoms with Crippen LogP contribution in [-0.4, -0.2) is 71.2 Å². The number of fused-ring (bicyclic) bond motifs is 6. The number of ketones is 1. The maximum atomic E-state index is 14.0. The molecule has 2 heterocycles. The van der Waals surface area contributed by atoms with Crippen molar-refractivity contribution in [1.29, 1.82) is 0 Å². The summed E-state index contributed by atoms with van der Waals surface area (Å²) in [5, 5.41) is 47.5. The highest BCUT2D eigenvalue weighted by Gasteiger charge is 2.73. The molecule has 5 fully saturated rings. The van der Waals surface area contributed by atoms with Gasteiger partial charge in [-0.1, -0.05) is 74.3 Å². The van der Waals surface area contributed by atoms with Crippen LogP contribution in [0, 0.1) is 51.8 Å². The van der Waals surface area contributed by atoms with Crippen LogP contribution in [0.1, 0.15) is 97.9 Å². The van der Waals surface area contributed by atoms with Crippen molar-refractivity contribution < 1.29 is 25.2 Å². The van der Waals surface area contributed by atoms with Gasteiger partial charge in [-0.2, -0.15) is 0 Å². The molecular weight excluding hydrogens is 629 g/mol. The lowest BCUT2D eigenvalue weighted by Crippen LogP contribution is -2.65. The molecule has 1 aromatic rings. The molecule has 1 aliphatic heterocycles. The van der Waals surface area contributed by atoms with Crippen molar-refractivity contribution in [3.05, 3.63) is 42.5 Å². The van der Waals surface area contributed by atoms with E-state index in [0.29, 0.717) is 12.8 Å². The first-order valence-corrected chi connectivity index (χ1v) is 20.6. The standard InChI is InChI=1S/C38H56N2O5S2/c1-22-12-31(41)26-9-7-6-8-23-13-28-29(15-32(42)30-16-33(43)34(44)18-36(28,30)4)38(45)24(14-27(26)37(23,38)5)19-46-47-20-25(17-35(22,2)3)40-11-10-39-21-40/h10-11,15,21,23-28,30-31,33-34,41,43-45H,1,6-9,12-14,16-20H2,2-5H3. The summed E-state index contributed by atoms with van der Waals surface area (Å²) in [6.07, 6.45) is 13.2. The summed E-state index contributed by atoms with van der Waals surface area (Å²) < 4.78 is 2.20. The minimum Gasteiger partial charge on any atom is -0.392 e. The molecule has 4 N–H and O–H groups in total. The maximum absolute atomic E-state index is 14.0. The van der Waals surface area contributed by atoms with E-state index in [1.165, 1.54) is 0 Å². The lowest BCUT2D eigenvalue weighted by Gasteiger charge is -2.64. The number of aliphatic hydroxyl groups is 4. The summed E-state index contributed by atoms with van der Waals surface area (Å²) in [4.78, 5) is 18.4. The van der Waals surface area contributed by atoms with E-state index in [2.05, 4.69) is 43.8 Å². The molecular formula is C38H56N2O5S2. The summed E-state index contributed by atoms with van der Waals surface area (Å²) in [6.45, 7) is 13.6. The molecule has 6 aliphatic rings. The second-order valence-corrected chi connectivity index (χ2v) is 19.9. The quantitative estimate of drug-likeness (QED) is 0.199. The fourth-order valence-corrected chi connectivity index (χ4v) is 14.6. The van der Waals surface area contributed by atoms with Gasteiger partial charge in [-0.05, 0) is 97.5 Å². The lowest BCUT2D eigenvalue weighted by molar-refractivity contribution is -0.177. The molecule has 0 spiro atoms. The van der Waals surface area contributed by atoms with Gasteiger partial charge >= 0.3 is 0 Å². The molecule has 0 radical (unpaired) electrons. The summed E-state index contributed by atoms with van der Waals surface area (Å²) in [6, 6.07) is 0.219. The molecule has 13 unspecified atom stereocenters. The predicted octanol–water partition coefficient (Wildman–Crippen LogP) is 6.39. The maximum Gasteiger partial charge on any atom is 0.159 e. The first-order valence-electron chi connectivity index (χ1n) is 18.1. The molecule has 7 nitrogen and oxygen atoms in total. The molecule has 1 aromatic heterocycles. The van der Waals surface area contributed by atoms with E-state index in [9.17, 15) is 25.2 Å². The van der Waals surface area contributed by atoms with Gasteiger partial charge in [0.15, 0.2) is 5.78 Å². The number of hydrogen-bond acceptors (Lipinski definition) is 8. The van der Waals surface area contributed by atoms with Crippen LogP contribution < -0.4 is 0 Å². The van der Waals surface area contributed by atoms with Crippen molar-refractivity contribution in [3.63, 3.8) is 0 Å². The first kappa shape index (κ1) is 34.4. The number of allylic oxidation sites excluding steroid dienone is 1. The van der Waals surface area contributed by atoms with Crippen molar-refractivity contribution in [2.75, 3.05) is 11.5 Å². The highest BCUT2D eigenvalue weighted by molar-refractivity contribution is 8.76. The third-order valence-corrected chi connectivity index (χ3v) is 17.3. The van der Waals surface area contributed by atoms with Gasteiger partial charge in [0.25, 0.3) is 0 Å². The number of carbonyl (C=O) groups excluding carboxylic acids is 1. The molecule has 13 atom stereocenters. The number of imidazole rings is 1. The number of hydrogen-bond donors (Lipinski definition) is 4. The zero-order chi connectivity index (χ0) is 33.5. The van der Waals surface area contributed by atoms with Crippen LogP contribution in [0.25, 0.3) is 0 Å². The van der Waals surface area contributed by atoms with Crippen molar-refractivity contribution in [3.8, 4) is 0 Å². The first-order chi connectivity index (χ1) is 22.2. The summed E-state index contributed by atoms with van der Waals surface area (Å²) in [5.74, 6) is 1.66. The van der Waals surface area contributed by atoms with E-state index >= 15 is 0 Å². The Bertz CT molecular complexity index is 1400. The van der Waals surface area contributed by atoms with Gasteiger partial charge in [-0.15, -0.1) is 0 Å². The van der Waals surface area contributed by atoms with Crippen molar-refractivity contribution in [2.45, 2.75) is 122 Å². The molecule has 1 saturated heterocycles. The predicted molar refractivity (Wildman–Crippen MR) is 188 cm³/mol. The van der Waals surface area contributed by atoms with Crippen LogP contribution in [0.3, 0.4) is 0 Å². The minimum absolute atomic E-state index is 0.000530. The third-order valence-electron chi connectivity index (χ3n) is 14.8. The van der Waals surface area contributed by atoms with Crippen LogP contribution >= 0.6 is 21.6 Å². The van der Waals surface area contributed by atoms with Crippen LogP contribution in [0.2, 0.25) is 0 Å². The molecule has 2 bridgehead atoms. The topological polar surface area (TPSA) is 116 Å². The van der Waals surface area contributed by atoms with E-state index in [0.717, 1.165) is 67.6 Å². The fraction of sp³-hybridized carbons (Fsp3) is 0.789. The summed E-state index contributed by atoms with van der Waals surface area (Å²) in [5.41, 5.74) is -0.374. The largest absolute Gasteiger partial charge is 0.392 e. The van der Waals surface area contributed by atoms with Crippen molar-refractivity contribution in [2.24, 2.45) is 51.8 Å². The average molecular weight is 685 g/mol. The van der Waals surface area contributed by atoms with Gasteiger partial charge < -0.3 is 25.0 Å². The smallest absolute Gasteiger partial charge is 0.159 e. The molecule has 260 valence electrons. The molecule has 7 rings (SSSR count). The Morgan fingerprint density at radius 2 is 1.66 bits per heavy atom. The van der Waals surface area contributed by atoms with E-state index in [-0.39, 0.29) is 59.2 Å². The highest BCUT2D eigenvalue weighted by Crippen LogP contribution is 2.73. The van der Waals surface area contributed by atoms with E-state index in [1.54, 1.807) is 6.08 Å². The van der Waals surface area contributed by atoms with Gasteiger partial charge in [0.1, 0.15) is 0 Å². The Morgan fingerprint density at radius 1 is 0.915 bits per heavy atom. The van der Waals surface area contributed by atoms with E-state index in [1.807, 2.05) is 40.3 Å². The molecule has 0 amide bonds. The minimum atomic E-state index is -1.18. The number of carbonyl (C=O) groups is 1. The van der Waals surface area contributed by atoms with Crippen LogP contribution in [0.5, 0.6) is 0 Å². The number of rotatable bonds is 1. The van der Waals surface area contributed by atoms with Crippen molar-refractivity contribution in [1.82, 2.24) is 9.55 Å². The Labute approximate surface area is 288 Å². The monoisotopic (exact) mass is 684 g/mol. The van der Waals surface area contributed by atoms with Crippen LogP contribution in [-0.2, 0) is 4.79 Å². The third kappa shape index (κ3) is 5.30. The fourth-order valence-electron chi connectivity index (χ4n) is 11.9. The Balaban J connectivity index is 1.32. The van der Waals surface area contributed by atoms with Gasteiger partial charge in [-0.25, -0.2) is 4.98 Å².